The predicted octanol–water partition coefficient (Wildman–Crippen LogP) is 3.68. The van der Waals surface area contributed by atoms with Crippen molar-refractivity contribution >= 4 is 23.3 Å². The molecular formula is C25H23N3O3. The summed E-state index contributed by atoms with van der Waals surface area (Å²) in [6, 6.07) is 16.7. The average Bonchev–Trinajstić information content (AvgIpc) is 3.42. The van der Waals surface area contributed by atoms with Crippen LogP contribution >= 0.6 is 0 Å². The van der Waals surface area contributed by atoms with E-state index in [2.05, 4.69) is 5.32 Å². The van der Waals surface area contributed by atoms with E-state index in [1.54, 1.807) is 18.2 Å². The maximum absolute atomic E-state index is 13.2. The van der Waals surface area contributed by atoms with Gasteiger partial charge in [-0.15, -0.1) is 0 Å². The van der Waals surface area contributed by atoms with Gasteiger partial charge in [0, 0.05) is 30.5 Å². The number of ketones is 1. The van der Waals surface area contributed by atoms with Crippen molar-refractivity contribution in [3.8, 4) is 6.07 Å². The minimum Gasteiger partial charge on any atom is -0.376 e. The van der Waals surface area contributed by atoms with E-state index in [9.17, 15) is 14.9 Å². The summed E-state index contributed by atoms with van der Waals surface area (Å²) in [6.45, 7) is 2.93. The minimum atomic E-state index is -0.441. The van der Waals surface area contributed by atoms with Crippen molar-refractivity contribution < 1.29 is 14.3 Å². The lowest BCUT2D eigenvalue weighted by Crippen LogP contribution is -2.32. The van der Waals surface area contributed by atoms with Crippen molar-refractivity contribution in [2.75, 3.05) is 13.2 Å². The van der Waals surface area contributed by atoms with Crippen molar-refractivity contribution in [2.45, 2.75) is 25.9 Å². The van der Waals surface area contributed by atoms with Crippen molar-refractivity contribution in [3.05, 3.63) is 82.7 Å². The van der Waals surface area contributed by atoms with Crippen LogP contribution in [0.5, 0.6) is 0 Å². The van der Waals surface area contributed by atoms with E-state index in [0.717, 1.165) is 23.9 Å². The molecule has 156 valence electrons. The SMILES string of the molecule is Cc1c(/C=C(\C#N)C(=O)NC[C@H]2CCCO2)c2ccccn2c1C(=O)c1ccccc1. The van der Waals surface area contributed by atoms with Crippen molar-refractivity contribution in [2.24, 2.45) is 0 Å². The summed E-state index contributed by atoms with van der Waals surface area (Å²) in [5.41, 5.74) is 3.27. The lowest BCUT2D eigenvalue weighted by atomic mass is 10.0. The molecule has 1 aliphatic rings. The number of nitriles is 1. The first kappa shape index (κ1) is 20.6. The van der Waals surface area contributed by atoms with E-state index in [1.165, 1.54) is 0 Å². The van der Waals surface area contributed by atoms with Gasteiger partial charge in [0.05, 0.1) is 17.3 Å². The fourth-order valence-electron chi connectivity index (χ4n) is 3.95. The van der Waals surface area contributed by atoms with Gasteiger partial charge >= 0.3 is 0 Å². The third-order valence-corrected chi connectivity index (χ3v) is 5.56. The molecule has 0 saturated carbocycles. The molecule has 4 rings (SSSR count). The summed E-state index contributed by atoms with van der Waals surface area (Å²) in [4.78, 5) is 25.8. The zero-order valence-electron chi connectivity index (χ0n) is 17.3. The Morgan fingerprint density at radius 2 is 2.00 bits per heavy atom. The number of rotatable bonds is 6. The fourth-order valence-corrected chi connectivity index (χ4v) is 3.95. The predicted molar refractivity (Wildman–Crippen MR) is 118 cm³/mol. The summed E-state index contributed by atoms with van der Waals surface area (Å²) in [5.74, 6) is -0.552. The Hall–Kier alpha value is -3.69. The lowest BCUT2D eigenvalue weighted by molar-refractivity contribution is -0.117. The van der Waals surface area contributed by atoms with E-state index < -0.39 is 5.91 Å². The number of hydrogen-bond acceptors (Lipinski definition) is 4. The maximum atomic E-state index is 13.2. The summed E-state index contributed by atoms with van der Waals surface area (Å²) in [5, 5.41) is 12.4. The number of amides is 1. The van der Waals surface area contributed by atoms with Crippen LogP contribution in [0.2, 0.25) is 0 Å². The highest BCUT2D eigenvalue weighted by molar-refractivity contribution is 6.11. The summed E-state index contributed by atoms with van der Waals surface area (Å²) >= 11 is 0. The normalized spacial score (nSPS) is 16.3. The molecule has 0 bridgehead atoms. The molecule has 0 aliphatic carbocycles. The third kappa shape index (κ3) is 4.14. The van der Waals surface area contributed by atoms with Gasteiger partial charge in [0.2, 0.25) is 5.78 Å². The van der Waals surface area contributed by atoms with Crippen LogP contribution in [0.15, 0.2) is 60.3 Å². The number of carbonyl (C=O) groups is 2. The number of aromatic nitrogens is 1. The number of benzene rings is 1. The van der Waals surface area contributed by atoms with Crippen LogP contribution in [-0.2, 0) is 9.53 Å². The van der Waals surface area contributed by atoms with Gasteiger partial charge in [-0.2, -0.15) is 5.26 Å². The Morgan fingerprint density at radius 3 is 2.71 bits per heavy atom. The summed E-state index contributed by atoms with van der Waals surface area (Å²) in [7, 11) is 0. The molecule has 6 heteroatoms. The first-order chi connectivity index (χ1) is 15.1. The molecule has 31 heavy (non-hydrogen) atoms. The molecule has 3 heterocycles. The Morgan fingerprint density at radius 1 is 1.23 bits per heavy atom. The molecule has 3 aromatic rings. The van der Waals surface area contributed by atoms with E-state index in [4.69, 9.17) is 4.74 Å². The molecule has 1 aromatic carbocycles. The second-order valence-electron chi connectivity index (χ2n) is 7.55. The van der Waals surface area contributed by atoms with Gasteiger partial charge in [-0.1, -0.05) is 36.4 Å². The average molecular weight is 413 g/mol. The van der Waals surface area contributed by atoms with Gasteiger partial charge in [-0.05, 0) is 43.5 Å². The van der Waals surface area contributed by atoms with E-state index in [-0.39, 0.29) is 17.5 Å². The zero-order valence-corrected chi connectivity index (χ0v) is 17.3. The minimum absolute atomic E-state index is 0.00356. The van der Waals surface area contributed by atoms with Crippen LogP contribution in [0.1, 0.15) is 40.0 Å². The maximum Gasteiger partial charge on any atom is 0.262 e. The first-order valence-corrected chi connectivity index (χ1v) is 10.3. The van der Waals surface area contributed by atoms with Crippen molar-refractivity contribution in [1.82, 2.24) is 9.72 Å². The van der Waals surface area contributed by atoms with Crippen LogP contribution < -0.4 is 5.32 Å². The van der Waals surface area contributed by atoms with Gasteiger partial charge in [0.15, 0.2) is 0 Å². The van der Waals surface area contributed by atoms with Gasteiger partial charge in [0.25, 0.3) is 5.91 Å². The largest absolute Gasteiger partial charge is 0.376 e. The van der Waals surface area contributed by atoms with E-state index in [0.29, 0.717) is 30.0 Å². The molecule has 1 atom stereocenters. The number of fused-ring (bicyclic) bond motifs is 1. The molecule has 6 nitrogen and oxygen atoms in total. The number of nitrogens with one attached hydrogen (secondary N) is 1. The second kappa shape index (κ2) is 8.99. The first-order valence-electron chi connectivity index (χ1n) is 10.3. The van der Waals surface area contributed by atoms with Crippen LogP contribution in [0.3, 0.4) is 0 Å². The Labute approximate surface area is 180 Å². The molecule has 0 radical (unpaired) electrons. The molecule has 1 amide bonds. The highest BCUT2D eigenvalue weighted by atomic mass is 16.5. The van der Waals surface area contributed by atoms with Crippen LogP contribution in [0.25, 0.3) is 11.6 Å². The highest BCUT2D eigenvalue weighted by Gasteiger charge is 2.22. The topological polar surface area (TPSA) is 83.6 Å². The van der Waals surface area contributed by atoms with Crippen molar-refractivity contribution in [3.63, 3.8) is 0 Å². The molecule has 1 saturated heterocycles. The third-order valence-electron chi connectivity index (χ3n) is 5.56. The Kier molecular flexibility index (Phi) is 5.96. The van der Waals surface area contributed by atoms with E-state index >= 15 is 0 Å². The molecular weight excluding hydrogens is 390 g/mol. The Bertz CT molecular complexity index is 1200. The van der Waals surface area contributed by atoms with Crippen LogP contribution in [-0.4, -0.2) is 35.3 Å². The standard InChI is InChI=1S/C25H23N3O3/c1-17-21(14-19(15-26)25(30)27-16-20-10-7-13-31-20)22-11-5-6-12-28(22)23(17)24(29)18-8-3-2-4-9-18/h2-6,8-9,11-12,14,20H,7,10,13,16H2,1H3,(H,27,30)/b19-14+/t20-/m1/s1. The molecule has 1 N–H and O–H groups in total. The second-order valence-corrected chi connectivity index (χ2v) is 7.55. The van der Waals surface area contributed by atoms with Gasteiger partial charge in [0.1, 0.15) is 11.6 Å². The summed E-state index contributed by atoms with van der Waals surface area (Å²) < 4.78 is 7.34. The van der Waals surface area contributed by atoms with Gasteiger partial charge in [-0.3, -0.25) is 9.59 Å². The number of carbonyl (C=O) groups excluding carboxylic acids is 2. The number of ether oxygens (including phenoxy) is 1. The highest BCUT2D eigenvalue weighted by Crippen LogP contribution is 2.27. The molecule has 1 aliphatic heterocycles. The molecule has 1 fully saturated rings. The monoisotopic (exact) mass is 413 g/mol. The van der Waals surface area contributed by atoms with Gasteiger partial charge < -0.3 is 14.5 Å². The van der Waals surface area contributed by atoms with Crippen LogP contribution in [0, 0.1) is 18.3 Å². The van der Waals surface area contributed by atoms with Crippen LogP contribution in [0.4, 0.5) is 0 Å². The van der Waals surface area contributed by atoms with Gasteiger partial charge in [-0.25, -0.2) is 0 Å². The smallest absolute Gasteiger partial charge is 0.262 e. The van der Waals surface area contributed by atoms with E-state index in [1.807, 2.05) is 60.0 Å². The molecule has 0 spiro atoms. The number of hydrogen-bond donors (Lipinski definition) is 1. The van der Waals surface area contributed by atoms with Crippen molar-refractivity contribution in [1.29, 1.82) is 5.26 Å². The Balaban J connectivity index is 1.71. The lowest BCUT2D eigenvalue weighted by Gasteiger charge is -2.10. The number of nitrogens with zero attached hydrogens (tertiary/aromatic N) is 2. The molecule has 0 unspecified atom stereocenters. The zero-order chi connectivity index (χ0) is 21.8. The number of pyridine rings is 1. The fraction of sp³-hybridized carbons (Fsp3) is 0.240. The summed E-state index contributed by atoms with van der Waals surface area (Å²) in [6.07, 6.45) is 5.27. The quantitative estimate of drug-likeness (QED) is 0.380. The molecule has 2 aromatic heterocycles.